The molecule has 0 aromatic rings. The predicted octanol–water partition coefficient (Wildman–Crippen LogP) is -4.45. The Bertz CT molecular complexity index is 46.8. The van der Waals surface area contributed by atoms with Crippen LogP contribution < -0.4 is 61.8 Å². The first-order valence-corrected chi connectivity index (χ1v) is 1.16. The van der Waals surface area contributed by atoms with Crippen molar-refractivity contribution in [2.24, 2.45) is 0 Å². The van der Waals surface area contributed by atoms with Crippen LogP contribution in [0.1, 0.15) is 0 Å². The van der Waals surface area contributed by atoms with Gasteiger partial charge in [-0.1, -0.05) is 0 Å². The molecule has 3 nitrogen and oxygen atoms in total. The molecule has 0 unspecified atom stereocenters. The number of hydrogen-bond donors (Lipinski definition) is 1. The van der Waals surface area contributed by atoms with E-state index >= 15 is 0 Å². The Morgan fingerprint density at radius 1 is 1.83 bits per heavy atom. The van der Waals surface area contributed by atoms with Crippen LogP contribution in [-0.4, -0.2) is 13.1 Å². The monoisotopic (exact) mass is 113 g/mol. The minimum Gasteiger partial charge on any atom is -0.530 e. The Morgan fingerprint density at radius 2 is 2.00 bits per heavy atom. The largest absolute Gasteiger partial charge is 1.00 e. The fourth-order valence-corrected chi connectivity index (χ4v) is 0. The Hall–Kier alpha value is 0.906. The minimum absolute atomic E-state index is 0. The minimum atomic E-state index is -1.25. The molecule has 0 bridgehead atoms. The zero-order valence-corrected chi connectivity index (χ0v) is 6.94. The van der Waals surface area contributed by atoms with Crippen LogP contribution in [0.2, 0.25) is 0 Å². The third kappa shape index (κ3) is 8.86. The van der Waals surface area contributed by atoms with E-state index < -0.39 is 6.09 Å². The normalized spacial score (nSPS) is 5.50. The van der Waals surface area contributed by atoms with Crippen molar-refractivity contribution in [3.05, 3.63) is 0 Å². The Labute approximate surface area is 78.5 Å². The Kier molecular flexibility index (Phi) is 9.85. The van der Waals surface area contributed by atoms with Crippen LogP contribution in [0.4, 0.5) is 4.79 Å². The van der Waals surface area contributed by atoms with Crippen molar-refractivity contribution in [2.75, 3.05) is 7.05 Å². The maximum atomic E-state index is 9.15. The number of nitrogens with one attached hydrogen (secondary N) is 1. The van der Waals surface area contributed by atoms with Gasteiger partial charge in [0, 0.05) is 7.05 Å². The first-order chi connectivity index (χ1) is 2.27. The molecular weight excluding hydrogens is 109 g/mol. The molecule has 0 fully saturated rings. The molecule has 0 saturated heterocycles. The molecule has 0 aromatic carbocycles. The maximum Gasteiger partial charge on any atom is 1.00 e. The number of rotatable bonds is 0. The standard InChI is InChI=1S/C2H5NO2.K/c1-3-2(4)5;/h3H,1H3,(H,4,5);/q;+1/p-1. The van der Waals surface area contributed by atoms with Gasteiger partial charge in [0.25, 0.3) is 0 Å². The van der Waals surface area contributed by atoms with E-state index in [2.05, 4.69) is 0 Å². The average Bonchev–Trinajstić information content (AvgIpc) is 1.38. The summed E-state index contributed by atoms with van der Waals surface area (Å²) in [5, 5.41) is 11.0. The zero-order valence-electron chi connectivity index (χ0n) is 3.82. The van der Waals surface area contributed by atoms with Crippen LogP contribution in [0, 0.1) is 0 Å². The maximum absolute atomic E-state index is 9.15. The summed E-state index contributed by atoms with van der Waals surface area (Å²) in [6.45, 7) is 0. The van der Waals surface area contributed by atoms with Gasteiger partial charge in [0.1, 0.15) is 6.09 Å². The molecule has 0 heterocycles. The van der Waals surface area contributed by atoms with Crippen LogP contribution in [0.15, 0.2) is 0 Å². The summed E-state index contributed by atoms with van der Waals surface area (Å²) in [5.74, 6) is 0. The Morgan fingerprint density at radius 3 is 2.00 bits per heavy atom. The molecule has 0 rings (SSSR count). The average molecular weight is 113 g/mol. The molecule has 0 spiro atoms. The smallest absolute Gasteiger partial charge is 0.530 e. The van der Waals surface area contributed by atoms with Crippen LogP contribution in [0.5, 0.6) is 0 Å². The number of carboxylic acid groups (broad SMARTS) is 1. The van der Waals surface area contributed by atoms with Gasteiger partial charge in [-0.25, -0.2) is 0 Å². The SMILES string of the molecule is CNC(=O)[O-].[K+]. The van der Waals surface area contributed by atoms with Crippen molar-refractivity contribution in [3.8, 4) is 0 Å². The molecule has 1 N–H and O–H groups in total. The van der Waals surface area contributed by atoms with Gasteiger partial charge in [-0.2, -0.15) is 0 Å². The molecule has 4 heteroatoms. The summed E-state index contributed by atoms with van der Waals surface area (Å²) >= 11 is 0. The van der Waals surface area contributed by atoms with E-state index in [1.54, 1.807) is 0 Å². The van der Waals surface area contributed by atoms with Crippen LogP contribution >= 0.6 is 0 Å². The molecule has 0 aliphatic carbocycles. The molecule has 0 atom stereocenters. The van der Waals surface area contributed by atoms with Gasteiger partial charge in [-0.15, -0.1) is 0 Å². The molecule has 30 valence electrons. The molecule has 6 heavy (non-hydrogen) atoms. The third-order valence-corrected chi connectivity index (χ3v) is 0.204. The second-order valence-electron chi connectivity index (χ2n) is 0.537. The van der Waals surface area contributed by atoms with Crippen LogP contribution in [0.3, 0.4) is 0 Å². The van der Waals surface area contributed by atoms with Crippen LogP contribution in [0.25, 0.3) is 0 Å². The van der Waals surface area contributed by atoms with Gasteiger partial charge in [0.05, 0.1) is 0 Å². The fourth-order valence-electron chi connectivity index (χ4n) is 0. The van der Waals surface area contributed by atoms with E-state index in [1.807, 2.05) is 5.32 Å². The third-order valence-electron chi connectivity index (χ3n) is 0.204. The topological polar surface area (TPSA) is 52.2 Å². The van der Waals surface area contributed by atoms with Crippen molar-refractivity contribution in [2.45, 2.75) is 0 Å². The van der Waals surface area contributed by atoms with Crippen molar-refractivity contribution in [1.82, 2.24) is 5.32 Å². The van der Waals surface area contributed by atoms with Gasteiger partial charge >= 0.3 is 51.4 Å². The molecule has 0 aromatic heterocycles. The summed E-state index contributed by atoms with van der Waals surface area (Å²) in [4.78, 5) is 9.15. The van der Waals surface area contributed by atoms with E-state index in [1.165, 1.54) is 7.05 Å². The van der Waals surface area contributed by atoms with Gasteiger partial charge in [-0.3, -0.25) is 0 Å². The molecular formula is C2H4KNO2. The number of hydrogen-bond acceptors (Lipinski definition) is 2. The van der Waals surface area contributed by atoms with Crippen molar-refractivity contribution >= 4 is 6.09 Å². The Balaban J connectivity index is 0. The second-order valence-corrected chi connectivity index (χ2v) is 0.537. The van der Waals surface area contributed by atoms with E-state index in [-0.39, 0.29) is 51.4 Å². The van der Waals surface area contributed by atoms with Crippen molar-refractivity contribution in [1.29, 1.82) is 0 Å². The summed E-state index contributed by atoms with van der Waals surface area (Å²) in [6.07, 6.45) is -1.25. The van der Waals surface area contributed by atoms with Gasteiger partial charge in [0.2, 0.25) is 0 Å². The van der Waals surface area contributed by atoms with E-state index in [0.717, 1.165) is 0 Å². The molecule has 0 saturated carbocycles. The van der Waals surface area contributed by atoms with Gasteiger partial charge in [-0.05, 0) is 0 Å². The van der Waals surface area contributed by atoms with Gasteiger partial charge < -0.3 is 15.2 Å². The first kappa shape index (κ1) is 10.0. The molecule has 0 aliphatic heterocycles. The predicted molar refractivity (Wildman–Crippen MR) is 14.5 cm³/mol. The molecule has 1 amide bonds. The quantitative estimate of drug-likeness (QED) is 0.322. The number of amides is 1. The summed E-state index contributed by atoms with van der Waals surface area (Å²) in [6, 6.07) is 0. The molecule has 0 aliphatic rings. The summed E-state index contributed by atoms with van der Waals surface area (Å²) in [7, 11) is 1.29. The summed E-state index contributed by atoms with van der Waals surface area (Å²) < 4.78 is 0. The van der Waals surface area contributed by atoms with Crippen molar-refractivity contribution < 1.29 is 61.3 Å². The van der Waals surface area contributed by atoms with Gasteiger partial charge in [0.15, 0.2) is 0 Å². The number of carbonyl (C=O) groups excluding carboxylic acids is 1. The van der Waals surface area contributed by atoms with E-state index in [0.29, 0.717) is 0 Å². The van der Waals surface area contributed by atoms with E-state index in [9.17, 15) is 0 Å². The first-order valence-electron chi connectivity index (χ1n) is 1.16. The van der Waals surface area contributed by atoms with Crippen LogP contribution in [-0.2, 0) is 0 Å². The van der Waals surface area contributed by atoms with E-state index in [4.69, 9.17) is 9.90 Å². The van der Waals surface area contributed by atoms with Crippen molar-refractivity contribution in [3.63, 3.8) is 0 Å². The molecule has 0 radical (unpaired) electrons. The fraction of sp³-hybridized carbons (Fsp3) is 0.500. The number of carbonyl (C=O) groups is 1. The zero-order chi connectivity index (χ0) is 4.28. The summed E-state index contributed by atoms with van der Waals surface area (Å²) in [5.41, 5.74) is 0. The second kappa shape index (κ2) is 5.91.